The molecule has 0 aromatic heterocycles. The summed E-state index contributed by atoms with van der Waals surface area (Å²) >= 11 is 0. The molecule has 4 aliphatic rings. The lowest BCUT2D eigenvalue weighted by Gasteiger charge is -2.36. The van der Waals surface area contributed by atoms with Crippen molar-refractivity contribution in [2.24, 2.45) is 0 Å². The number of fused-ring (bicyclic) bond motifs is 2. The van der Waals surface area contributed by atoms with Gasteiger partial charge in [0.05, 0.1) is 0 Å². The van der Waals surface area contributed by atoms with E-state index in [-0.39, 0.29) is 17.7 Å². The minimum Gasteiger partial charge on any atom is -0.508 e. The Hall–Kier alpha value is -5.08. The van der Waals surface area contributed by atoms with E-state index in [0.717, 1.165) is 68.3 Å². The van der Waals surface area contributed by atoms with Gasteiger partial charge in [-0.2, -0.15) is 0 Å². The van der Waals surface area contributed by atoms with Gasteiger partial charge in [0.1, 0.15) is 24.1 Å². The number of nitrogens with one attached hydrogen (secondary N) is 1. The zero-order chi connectivity index (χ0) is 34.2. The molecule has 4 aromatic carbocycles. The molecule has 0 spiro atoms. The molecule has 2 fully saturated rings. The second-order valence-electron chi connectivity index (χ2n) is 14.1. The number of nitrogens with zero attached hydrogens (tertiary/aromatic N) is 3. The first-order chi connectivity index (χ1) is 24.4. The van der Waals surface area contributed by atoms with Gasteiger partial charge < -0.3 is 25.0 Å². The number of allylic oxidation sites excluding steroid dienone is 1. The van der Waals surface area contributed by atoms with Crippen molar-refractivity contribution in [1.82, 2.24) is 15.1 Å². The third kappa shape index (κ3) is 6.36. The first-order valence-corrected chi connectivity index (χ1v) is 17.9. The highest BCUT2D eigenvalue weighted by molar-refractivity contribution is 6.01. The fraction of sp³-hybridized carbons (Fsp3) is 0.333. The Kier molecular flexibility index (Phi) is 8.79. The molecular formula is C42H44N4O4. The third-order valence-corrected chi connectivity index (χ3v) is 11.1. The molecular weight excluding hydrogens is 624 g/mol. The molecule has 2 amide bonds. The van der Waals surface area contributed by atoms with E-state index in [4.69, 9.17) is 4.74 Å². The van der Waals surface area contributed by atoms with Gasteiger partial charge in [-0.1, -0.05) is 55.1 Å². The quantitative estimate of drug-likeness (QED) is 0.233. The number of benzene rings is 4. The summed E-state index contributed by atoms with van der Waals surface area (Å²) in [4.78, 5) is 32.3. The van der Waals surface area contributed by atoms with Crippen LogP contribution >= 0.6 is 0 Å². The van der Waals surface area contributed by atoms with E-state index in [1.807, 2.05) is 24.3 Å². The highest BCUT2D eigenvalue weighted by Gasteiger charge is 2.38. The number of ether oxygens (including phenoxy) is 1. The SMILES string of the molecule is C=C1CCC(N2Cc3cc(N4CCN(CCOc5ccc([C@H]6c7ccc(O)cc7CC[C@H]6c6ccccc6)cc5)CC4)ccc3C2=O)C(=O)N1. The number of piperidine rings is 1. The van der Waals surface area contributed by atoms with E-state index in [0.29, 0.717) is 43.2 Å². The Morgan fingerprint density at radius 2 is 1.62 bits per heavy atom. The first kappa shape index (κ1) is 32.1. The summed E-state index contributed by atoms with van der Waals surface area (Å²) in [6.45, 7) is 9.49. The molecule has 0 radical (unpaired) electrons. The van der Waals surface area contributed by atoms with Crippen LogP contribution in [0.4, 0.5) is 5.69 Å². The van der Waals surface area contributed by atoms with E-state index in [2.05, 4.69) is 88.4 Å². The summed E-state index contributed by atoms with van der Waals surface area (Å²) in [5, 5.41) is 13.0. The number of hydrogen-bond acceptors (Lipinski definition) is 6. The number of carbonyl (C=O) groups is 2. The number of aryl methyl sites for hydroxylation is 1. The average molecular weight is 669 g/mol. The van der Waals surface area contributed by atoms with Crippen molar-refractivity contribution in [1.29, 1.82) is 0 Å². The number of piperazine rings is 1. The molecule has 3 heterocycles. The maximum atomic E-state index is 13.2. The van der Waals surface area contributed by atoms with Crippen molar-refractivity contribution in [2.75, 3.05) is 44.2 Å². The van der Waals surface area contributed by atoms with Crippen molar-refractivity contribution >= 4 is 17.5 Å². The van der Waals surface area contributed by atoms with E-state index in [1.165, 1.54) is 22.3 Å². The fourth-order valence-electron chi connectivity index (χ4n) is 8.41. The van der Waals surface area contributed by atoms with Crippen molar-refractivity contribution in [3.05, 3.63) is 137 Å². The Balaban J connectivity index is 0.851. The summed E-state index contributed by atoms with van der Waals surface area (Å²) in [6.07, 6.45) is 3.31. The Morgan fingerprint density at radius 3 is 2.40 bits per heavy atom. The number of phenols is 1. The summed E-state index contributed by atoms with van der Waals surface area (Å²) in [5.41, 5.74) is 8.70. The van der Waals surface area contributed by atoms with E-state index >= 15 is 0 Å². The Morgan fingerprint density at radius 1 is 0.820 bits per heavy atom. The van der Waals surface area contributed by atoms with Crippen LogP contribution in [0, 0.1) is 0 Å². The highest BCUT2D eigenvalue weighted by Crippen LogP contribution is 2.47. The average Bonchev–Trinajstić information content (AvgIpc) is 3.47. The largest absolute Gasteiger partial charge is 0.508 e. The van der Waals surface area contributed by atoms with Gasteiger partial charge in [-0.15, -0.1) is 0 Å². The van der Waals surface area contributed by atoms with E-state index in [9.17, 15) is 14.7 Å². The van der Waals surface area contributed by atoms with Gasteiger partial charge in [-0.3, -0.25) is 14.5 Å². The molecule has 1 aliphatic carbocycles. The summed E-state index contributed by atoms with van der Waals surface area (Å²) in [5.74, 6) is 1.61. The standard InChI is InChI=1S/C42H44N4O4/c1-28-7-18-39(41(48)43-28)46-27-32-25-33(11-16-38(32)42(46)49)45-21-19-44(20-22-45)23-24-50-35-13-8-30(9-14-35)40-36(29-5-3-2-4-6-29)15-10-31-26-34(47)12-17-37(31)40/h2-6,8-9,11-14,16-17,25-26,36,39-40,47H,1,7,10,15,18-24,27H2,(H,43,48)/t36-,39?,40+/m0/s1. The van der Waals surface area contributed by atoms with Crippen LogP contribution < -0.4 is 15.0 Å². The molecule has 1 unspecified atom stereocenters. The molecule has 3 atom stereocenters. The van der Waals surface area contributed by atoms with Gasteiger partial charge in [-0.25, -0.2) is 0 Å². The zero-order valence-electron chi connectivity index (χ0n) is 28.4. The van der Waals surface area contributed by atoms with Crippen LogP contribution in [0.1, 0.15) is 69.3 Å². The topological polar surface area (TPSA) is 85.4 Å². The lowest BCUT2D eigenvalue weighted by molar-refractivity contribution is -0.126. The van der Waals surface area contributed by atoms with Crippen molar-refractivity contribution in [2.45, 2.75) is 50.1 Å². The number of amides is 2. The van der Waals surface area contributed by atoms with E-state index in [1.54, 1.807) is 4.90 Å². The monoisotopic (exact) mass is 668 g/mol. The molecule has 8 nitrogen and oxygen atoms in total. The van der Waals surface area contributed by atoms with Crippen LogP contribution in [0.5, 0.6) is 11.5 Å². The molecule has 2 N–H and O–H groups in total. The molecule has 50 heavy (non-hydrogen) atoms. The van der Waals surface area contributed by atoms with Gasteiger partial charge in [0, 0.05) is 62.1 Å². The Labute approximate surface area is 294 Å². The number of anilines is 1. The second kappa shape index (κ2) is 13.7. The molecule has 8 rings (SSSR count). The summed E-state index contributed by atoms with van der Waals surface area (Å²) < 4.78 is 6.24. The predicted octanol–water partition coefficient (Wildman–Crippen LogP) is 6.20. The molecule has 2 saturated heterocycles. The van der Waals surface area contributed by atoms with Crippen LogP contribution in [0.25, 0.3) is 0 Å². The van der Waals surface area contributed by atoms with E-state index < -0.39 is 6.04 Å². The molecule has 4 aromatic rings. The van der Waals surface area contributed by atoms with Gasteiger partial charge in [0.25, 0.3) is 5.91 Å². The van der Waals surface area contributed by atoms with Gasteiger partial charge in [0.2, 0.25) is 5.91 Å². The maximum absolute atomic E-state index is 13.2. The summed E-state index contributed by atoms with van der Waals surface area (Å²) in [7, 11) is 0. The Bertz CT molecular complexity index is 1900. The van der Waals surface area contributed by atoms with Crippen LogP contribution in [0.2, 0.25) is 0 Å². The number of hydrogen-bond donors (Lipinski definition) is 2. The van der Waals surface area contributed by atoms with Crippen LogP contribution in [-0.4, -0.2) is 72.1 Å². The van der Waals surface area contributed by atoms with Crippen LogP contribution in [-0.2, 0) is 17.8 Å². The minimum atomic E-state index is -0.440. The smallest absolute Gasteiger partial charge is 0.255 e. The van der Waals surface area contributed by atoms with Gasteiger partial charge >= 0.3 is 0 Å². The summed E-state index contributed by atoms with van der Waals surface area (Å²) in [6, 6.07) is 30.9. The molecule has 0 bridgehead atoms. The molecule has 8 heteroatoms. The number of phenolic OH excluding ortho intramolecular Hbond substituents is 1. The minimum absolute atomic E-state index is 0.0597. The molecule has 0 saturated carbocycles. The van der Waals surface area contributed by atoms with Gasteiger partial charge in [-0.05, 0) is 102 Å². The first-order valence-electron chi connectivity index (χ1n) is 17.9. The lowest BCUT2D eigenvalue weighted by atomic mass is 9.69. The lowest BCUT2D eigenvalue weighted by Crippen LogP contribution is -2.49. The third-order valence-electron chi connectivity index (χ3n) is 11.1. The van der Waals surface area contributed by atoms with Crippen LogP contribution in [0.15, 0.2) is 103 Å². The molecule has 256 valence electrons. The predicted molar refractivity (Wildman–Crippen MR) is 195 cm³/mol. The van der Waals surface area contributed by atoms with Crippen molar-refractivity contribution in [3.8, 4) is 11.5 Å². The number of carbonyl (C=O) groups excluding carboxylic acids is 2. The number of rotatable bonds is 8. The van der Waals surface area contributed by atoms with Crippen molar-refractivity contribution < 1.29 is 19.4 Å². The second-order valence-corrected chi connectivity index (χ2v) is 14.1. The zero-order valence-corrected chi connectivity index (χ0v) is 28.4. The normalized spacial score (nSPS) is 22.2. The van der Waals surface area contributed by atoms with Crippen LogP contribution in [0.3, 0.4) is 0 Å². The van der Waals surface area contributed by atoms with Crippen molar-refractivity contribution in [3.63, 3.8) is 0 Å². The highest BCUT2D eigenvalue weighted by atomic mass is 16.5. The fourth-order valence-corrected chi connectivity index (χ4v) is 8.41. The number of aromatic hydroxyl groups is 1. The maximum Gasteiger partial charge on any atom is 0.255 e. The van der Waals surface area contributed by atoms with Gasteiger partial charge in [0.15, 0.2) is 0 Å². The molecule has 3 aliphatic heterocycles.